The van der Waals surface area contributed by atoms with Crippen molar-refractivity contribution in [1.82, 2.24) is 25.0 Å². The zero-order valence-electron chi connectivity index (χ0n) is 12.0. The Balaban J connectivity index is 1.96. The number of aromatic amines is 1. The maximum Gasteiger partial charge on any atom is 0.153 e. The molecule has 0 aromatic carbocycles. The van der Waals surface area contributed by atoms with Gasteiger partial charge in [0.15, 0.2) is 5.82 Å². The molecule has 21 heavy (non-hydrogen) atoms. The van der Waals surface area contributed by atoms with Gasteiger partial charge in [-0.15, -0.1) is 0 Å². The van der Waals surface area contributed by atoms with Gasteiger partial charge in [-0.25, -0.2) is 9.67 Å². The summed E-state index contributed by atoms with van der Waals surface area (Å²) in [6, 6.07) is 5.72. The third kappa shape index (κ3) is 2.57. The van der Waals surface area contributed by atoms with Crippen LogP contribution in [-0.4, -0.2) is 30.1 Å². The van der Waals surface area contributed by atoms with Gasteiger partial charge in [-0.1, -0.05) is 13.0 Å². The van der Waals surface area contributed by atoms with E-state index in [9.17, 15) is 5.11 Å². The van der Waals surface area contributed by atoms with Crippen molar-refractivity contribution in [2.75, 3.05) is 0 Å². The van der Waals surface area contributed by atoms with Crippen molar-refractivity contribution in [3.63, 3.8) is 0 Å². The Hall–Kier alpha value is -2.47. The highest BCUT2D eigenvalue weighted by Gasteiger charge is 2.09. The SMILES string of the molecule is CCc1nc(-n2cc(-c3cc(C)[nH]n3)cn2)ccc1CO. The maximum atomic E-state index is 9.29. The number of nitrogens with one attached hydrogen (secondary N) is 1. The molecule has 6 heteroatoms. The molecule has 0 radical (unpaired) electrons. The van der Waals surface area contributed by atoms with Crippen LogP contribution in [-0.2, 0) is 13.0 Å². The summed E-state index contributed by atoms with van der Waals surface area (Å²) >= 11 is 0. The number of hydrogen-bond donors (Lipinski definition) is 2. The smallest absolute Gasteiger partial charge is 0.153 e. The zero-order chi connectivity index (χ0) is 14.8. The van der Waals surface area contributed by atoms with Crippen LogP contribution in [0.5, 0.6) is 0 Å². The number of nitrogens with zero attached hydrogens (tertiary/aromatic N) is 4. The van der Waals surface area contributed by atoms with Gasteiger partial charge in [0.25, 0.3) is 0 Å². The van der Waals surface area contributed by atoms with E-state index in [1.165, 1.54) is 0 Å². The summed E-state index contributed by atoms with van der Waals surface area (Å²) in [5.74, 6) is 0.738. The lowest BCUT2D eigenvalue weighted by Crippen LogP contribution is -2.03. The van der Waals surface area contributed by atoms with Crippen LogP contribution in [0.3, 0.4) is 0 Å². The van der Waals surface area contributed by atoms with E-state index in [1.807, 2.05) is 38.2 Å². The third-order valence-corrected chi connectivity index (χ3v) is 3.38. The number of aromatic nitrogens is 5. The quantitative estimate of drug-likeness (QED) is 0.767. The summed E-state index contributed by atoms with van der Waals surface area (Å²) in [4.78, 5) is 4.56. The number of rotatable bonds is 4. The van der Waals surface area contributed by atoms with Crippen molar-refractivity contribution in [3.8, 4) is 17.1 Å². The Morgan fingerprint density at radius 3 is 2.86 bits per heavy atom. The lowest BCUT2D eigenvalue weighted by molar-refractivity contribution is 0.280. The molecule has 0 bridgehead atoms. The van der Waals surface area contributed by atoms with Gasteiger partial charge in [-0.2, -0.15) is 10.2 Å². The van der Waals surface area contributed by atoms with E-state index in [2.05, 4.69) is 20.3 Å². The second-order valence-corrected chi connectivity index (χ2v) is 4.90. The molecule has 0 unspecified atom stereocenters. The van der Waals surface area contributed by atoms with Gasteiger partial charge in [0.2, 0.25) is 0 Å². The summed E-state index contributed by atoms with van der Waals surface area (Å²) in [7, 11) is 0. The van der Waals surface area contributed by atoms with Gasteiger partial charge in [-0.05, 0) is 31.0 Å². The molecule has 0 amide bonds. The molecule has 3 heterocycles. The summed E-state index contributed by atoms with van der Waals surface area (Å²) < 4.78 is 1.72. The van der Waals surface area contributed by atoms with Crippen molar-refractivity contribution >= 4 is 0 Å². The molecule has 6 nitrogen and oxygen atoms in total. The third-order valence-electron chi connectivity index (χ3n) is 3.38. The molecule has 108 valence electrons. The van der Waals surface area contributed by atoms with E-state index in [-0.39, 0.29) is 6.61 Å². The minimum Gasteiger partial charge on any atom is -0.392 e. The standard InChI is InChI=1S/C15H17N5O/c1-3-13-11(9-21)4-5-15(17-13)20-8-12(7-16-20)14-6-10(2)18-19-14/h4-8,21H,3,9H2,1-2H3,(H,18,19). The molecular weight excluding hydrogens is 266 g/mol. The minimum absolute atomic E-state index is 0.00730. The van der Waals surface area contributed by atoms with Gasteiger partial charge in [0, 0.05) is 23.1 Å². The van der Waals surface area contributed by atoms with Gasteiger partial charge >= 0.3 is 0 Å². The first kappa shape index (κ1) is 13.5. The Morgan fingerprint density at radius 1 is 1.33 bits per heavy atom. The largest absolute Gasteiger partial charge is 0.392 e. The van der Waals surface area contributed by atoms with Crippen LogP contribution >= 0.6 is 0 Å². The predicted molar refractivity (Wildman–Crippen MR) is 79.0 cm³/mol. The summed E-state index contributed by atoms with van der Waals surface area (Å²) in [5.41, 5.74) is 4.56. The molecular formula is C15H17N5O. The number of H-pyrrole nitrogens is 1. The van der Waals surface area contributed by atoms with Crippen molar-refractivity contribution in [2.45, 2.75) is 26.9 Å². The highest BCUT2D eigenvalue weighted by Crippen LogP contribution is 2.19. The van der Waals surface area contributed by atoms with E-state index >= 15 is 0 Å². The number of aliphatic hydroxyl groups is 1. The molecule has 0 atom stereocenters. The number of pyridine rings is 1. The number of aliphatic hydroxyl groups excluding tert-OH is 1. The summed E-state index contributed by atoms with van der Waals surface area (Å²) in [5, 5.41) is 20.8. The van der Waals surface area contributed by atoms with E-state index in [0.717, 1.165) is 40.4 Å². The molecule has 0 aliphatic carbocycles. The van der Waals surface area contributed by atoms with E-state index in [0.29, 0.717) is 0 Å². The van der Waals surface area contributed by atoms with Crippen molar-refractivity contribution in [2.24, 2.45) is 0 Å². The second kappa shape index (κ2) is 5.49. The monoisotopic (exact) mass is 283 g/mol. The van der Waals surface area contributed by atoms with Crippen molar-refractivity contribution < 1.29 is 5.11 Å². The van der Waals surface area contributed by atoms with Crippen LogP contribution in [0.4, 0.5) is 0 Å². The molecule has 0 aliphatic heterocycles. The Kier molecular flexibility index (Phi) is 3.53. The molecule has 3 aromatic rings. The van der Waals surface area contributed by atoms with Gasteiger partial charge < -0.3 is 5.11 Å². The minimum atomic E-state index is 0.00730. The Bertz CT molecular complexity index is 759. The second-order valence-electron chi connectivity index (χ2n) is 4.90. The van der Waals surface area contributed by atoms with Gasteiger partial charge in [0.1, 0.15) is 0 Å². The predicted octanol–water partition coefficient (Wildman–Crippen LogP) is 2.02. The Morgan fingerprint density at radius 2 is 2.19 bits per heavy atom. The molecule has 0 saturated carbocycles. The fourth-order valence-corrected chi connectivity index (χ4v) is 2.24. The molecule has 2 N–H and O–H groups in total. The van der Waals surface area contributed by atoms with E-state index < -0.39 is 0 Å². The molecule has 0 spiro atoms. The molecule has 3 aromatic heterocycles. The highest BCUT2D eigenvalue weighted by atomic mass is 16.3. The van der Waals surface area contributed by atoms with Crippen LogP contribution < -0.4 is 0 Å². The van der Waals surface area contributed by atoms with Crippen LogP contribution in [0, 0.1) is 6.92 Å². The maximum absolute atomic E-state index is 9.29. The van der Waals surface area contributed by atoms with Crippen LogP contribution in [0.1, 0.15) is 23.9 Å². The van der Waals surface area contributed by atoms with Gasteiger partial charge in [0.05, 0.1) is 18.5 Å². The van der Waals surface area contributed by atoms with E-state index in [1.54, 1.807) is 10.9 Å². The lowest BCUT2D eigenvalue weighted by atomic mass is 10.1. The average molecular weight is 283 g/mol. The van der Waals surface area contributed by atoms with E-state index in [4.69, 9.17) is 0 Å². The van der Waals surface area contributed by atoms with Crippen LogP contribution in [0.25, 0.3) is 17.1 Å². The summed E-state index contributed by atoms with van der Waals surface area (Å²) in [6.45, 7) is 3.99. The lowest BCUT2D eigenvalue weighted by Gasteiger charge is -2.07. The molecule has 0 aliphatic rings. The van der Waals surface area contributed by atoms with Crippen LogP contribution in [0.15, 0.2) is 30.6 Å². The van der Waals surface area contributed by atoms with Gasteiger partial charge in [-0.3, -0.25) is 5.10 Å². The number of hydrogen-bond acceptors (Lipinski definition) is 4. The van der Waals surface area contributed by atoms with Crippen LogP contribution in [0.2, 0.25) is 0 Å². The Labute approximate surface area is 122 Å². The molecule has 0 saturated heterocycles. The van der Waals surface area contributed by atoms with Crippen molar-refractivity contribution in [1.29, 1.82) is 0 Å². The molecule has 3 rings (SSSR count). The fraction of sp³-hybridized carbons (Fsp3) is 0.267. The zero-order valence-corrected chi connectivity index (χ0v) is 12.0. The topological polar surface area (TPSA) is 79.6 Å². The average Bonchev–Trinajstić information content (AvgIpc) is 3.15. The first-order chi connectivity index (χ1) is 10.2. The highest BCUT2D eigenvalue weighted by molar-refractivity contribution is 5.57. The van der Waals surface area contributed by atoms with Crippen molar-refractivity contribution in [3.05, 3.63) is 47.5 Å². The normalized spacial score (nSPS) is 11.0. The number of aryl methyl sites for hydroxylation is 2. The molecule has 0 fully saturated rings. The first-order valence-electron chi connectivity index (χ1n) is 6.88. The first-order valence-corrected chi connectivity index (χ1v) is 6.88. The fourth-order valence-electron chi connectivity index (χ4n) is 2.24. The summed E-state index contributed by atoms with van der Waals surface area (Å²) in [6.07, 6.45) is 4.44.